The summed E-state index contributed by atoms with van der Waals surface area (Å²) >= 11 is 0. The Hall–Kier alpha value is -3.79. The lowest BCUT2D eigenvalue weighted by Gasteiger charge is -2.35. The lowest BCUT2D eigenvalue weighted by atomic mass is 9.98. The maximum Gasteiger partial charge on any atom is 0.252 e. The van der Waals surface area contributed by atoms with Crippen LogP contribution in [0.2, 0.25) is 0 Å². The van der Waals surface area contributed by atoms with Gasteiger partial charge in [-0.05, 0) is 66.9 Å². The van der Waals surface area contributed by atoms with Crippen LogP contribution >= 0.6 is 0 Å². The van der Waals surface area contributed by atoms with Crippen molar-refractivity contribution in [2.75, 3.05) is 13.2 Å². The molecule has 0 spiro atoms. The zero-order valence-corrected chi connectivity index (χ0v) is 22.4. The van der Waals surface area contributed by atoms with Crippen LogP contribution < -0.4 is 15.0 Å². The van der Waals surface area contributed by atoms with Crippen molar-refractivity contribution in [3.05, 3.63) is 75.6 Å². The highest BCUT2D eigenvalue weighted by molar-refractivity contribution is 5.83. The summed E-state index contributed by atoms with van der Waals surface area (Å²) in [6, 6.07) is 11.8. The molecular formula is C28H33FN6O3. The lowest BCUT2D eigenvalue weighted by Crippen LogP contribution is -2.37. The van der Waals surface area contributed by atoms with Crippen molar-refractivity contribution in [2.45, 2.75) is 59.3 Å². The Bertz CT molecular complexity index is 1490. The molecule has 4 aromatic rings. The first-order valence-corrected chi connectivity index (χ1v) is 12.8. The van der Waals surface area contributed by atoms with E-state index in [1.54, 1.807) is 18.2 Å². The Kier molecular flexibility index (Phi) is 6.92. The van der Waals surface area contributed by atoms with Gasteiger partial charge in [0.25, 0.3) is 5.56 Å². The molecule has 0 radical (unpaired) electrons. The maximum absolute atomic E-state index is 13.7. The van der Waals surface area contributed by atoms with Gasteiger partial charge in [-0.3, -0.25) is 9.69 Å². The highest BCUT2D eigenvalue weighted by atomic mass is 19.1. The average molecular weight is 521 g/mol. The summed E-state index contributed by atoms with van der Waals surface area (Å²) in [7, 11) is 0. The van der Waals surface area contributed by atoms with Gasteiger partial charge in [-0.2, -0.15) is 0 Å². The van der Waals surface area contributed by atoms with Gasteiger partial charge in [0, 0.05) is 30.1 Å². The molecule has 0 fully saturated rings. The number of fused-ring (bicyclic) bond motifs is 2. The summed E-state index contributed by atoms with van der Waals surface area (Å²) in [6.07, 6.45) is 0. The molecule has 9 nitrogen and oxygen atoms in total. The standard InChI is InChI=1S/C28H33FN6O3/c1-17(2)25(26-31-32-33-35(26)28(3,4)5)34(15-18-6-8-21(29)9-7-18)16-20-12-19-13-23-24(38-11-10-37-23)14-22(19)30-27(20)36/h6-9,12-14,17,25H,10-11,15-16H2,1-5H3,(H,30,36)/t25-/m0/s1. The molecule has 1 aliphatic rings. The van der Waals surface area contributed by atoms with E-state index in [0.717, 1.165) is 10.9 Å². The summed E-state index contributed by atoms with van der Waals surface area (Å²) < 4.78 is 26.9. The summed E-state index contributed by atoms with van der Waals surface area (Å²) in [5.74, 6) is 1.82. The third-order valence-electron chi connectivity index (χ3n) is 6.67. The SMILES string of the molecule is CC(C)[C@@H](c1nnnn1C(C)(C)C)N(Cc1ccc(F)cc1)Cc1cc2cc3c(cc2[nH]c1=O)OCCO3. The van der Waals surface area contributed by atoms with Crippen LogP contribution in [0.1, 0.15) is 57.6 Å². The molecule has 0 amide bonds. The first-order chi connectivity index (χ1) is 18.1. The minimum absolute atomic E-state index is 0.111. The highest BCUT2D eigenvalue weighted by Crippen LogP contribution is 2.35. The molecule has 1 aliphatic heterocycles. The van der Waals surface area contributed by atoms with E-state index in [0.29, 0.717) is 54.7 Å². The Morgan fingerprint density at radius 3 is 2.39 bits per heavy atom. The minimum atomic E-state index is -0.338. The Balaban J connectivity index is 1.58. The summed E-state index contributed by atoms with van der Waals surface area (Å²) in [5.41, 5.74) is 1.68. The summed E-state index contributed by atoms with van der Waals surface area (Å²) in [4.78, 5) is 18.5. The topological polar surface area (TPSA) is 98.2 Å². The van der Waals surface area contributed by atoms with Crippen LogP contribution in [0.4, 0.5) is 4.39 Å². The van der Waals surface area contributed by atoms with E-state index in [-0.39, 0.29) is 28.9 Å². The molecule has 0 saturated heterocycles. The predicted molar refractivity (Wildman–Crippen MR) is 142 cm³/mol. The van der Waals surface area contributed by atoms with Crippen molar-refractivity contribution in [1.82, 2.24) is 30.1 Å². The fourth-order valence-electron chi connectivity index (χ4n) is 4.94. The van der Waals surface area contributed by atoms with Gasteiger partial charge in [-0.25, -0.2) is 9.07 Å². The number of aromatic nitrogens is 5. The van der Waals surface area contributed by atoms with Crippen LogP contribution in [0.5, 0.6) is 11.5 Å². The normalized spacial score (nSPS) is 14.4. The molecule has 38 heavy (non-hydrogen) atoms. The quantitative estimate of drug-likeness (QED) is 0.381. The van der Waals surface area contributed by atoms with Gasteiger partial charge in [0.15, 0.2) is 17.3 Å². The molecule has 0 saturated carbocycles. The minimum Gasteiger partial charge on any atom is -0.486 e. The highest BCUT2D eigenvalue weighted by Gasteiger charge is 2.33. The van der Waals surface area contributed by atoms with Gasteiger partial charge >= 0.3 is 0 Å². The second-order valence-electron chi connectivity index (χ2n) is 11.0. The van der Waals surface area contributed by atoms with E-state index in [1.807, 2.05) is 16.8 Å². The van der Waals surface area contributed by atoms with Crippen LogP contribution in [0.3, 0.4) is 0 Å². The van der Waals surface area contributed by atoms with Gasteiger partial charge in [-0.1, -0.05) is 26.0 Å². The van der Waals surface area contributed by atoms with Crippen molar-refractivity contribution >= 4 is 10.9 Å². The molecule has 0 unspecified atom stereocenters. The summed E-state index contributed by atoms with van der Waals surface area (Å²) in [5, 5.41) is 13.6. The predicted octanol–water partition coefficient (Wildman–Crippen LogP) is 4.58. The molecular weight excluding hydrogens is 487 g/mol. The van der Waals surface area contributed by atoms with E-state index in [9.17, 15) is 9.18 Å². The molecule has 0 bridgehead atoms. The Morgan fingerprint density at radius 2 is 1.74 bits per heavy atom. The molecule has 2 aromatic heterocycles. The van der Waals surface area contributed by atoms with Gasteiger partial charge in [0.2, 0.25) is 0 Å². The fourth-order valence-corrected chi connectivity index (χ4v) is 4.94. The number of tetrazole rings is 1. The molecule has 5 rings (SSSR count). The van der Waals surface area contributed by atoms with Gasteiger partial charge in [-0.15, -0.1) is 5.10 Å². The number of nitrogens with one attached hydrogen (secondary N) is 1. The summed E-state index contributed by atoms with van der Waals surface area (Å²) in [6.45, 7) is 12.1. The van der Waals surface area contributed by atoms with Gasteiger partial charge in [0.05, 0.1) is 17.1 Å². The van der Waals surface area contributed by atoms with Gasteiger partial charge < -0.3 is 14.5 Å². The first kappa shape index (κ1) is 25.8. The van der Waals surface area contributed by atoms with E-state index in [1.165, 1.54) is 12.1 Å². The fraction of sp³-hybridized carbons (Fsp3) is 0.429. The van der Waals surface area contributed by atoms with E-state index in [4.69, 9.17) is 9.47 Å². The second kappa shape index (κ2) is 10.2. The van der Waals surface area contributed by atoms with Gasteiger partial charge in [0.1, 0.15) is 19.0 Å². The number of nitrogens with zero attached hydrogens (tertiary/aromatic N) is 5. The van der Waals surface area contributed by atoms with Crippen LogP contribution in [0.15, 0.2) is 47.3 Å². The second-order valence-corrected chi connectivity index (χ2v) is 11.0. The van der Waals surface area contributed by atoms with E-state index < -0.39 is 0 Å². The number of benzene rings is 2. The lowest BCUT2D eigenvalue weighted by molar-refractivity contribution is 0.119. The van der Waals surface area contributed by atoms with Crippen LogP contribution in [0.25, 0.3) is 10.9 Å². The average Bonchev–Trinajstić information content (AvgIpc) is 3.34. The smallest absolute Gasteiger partial charge is 0.252 e. The number of rotatable bonds is 7. The van der Waals surface area contributed by atoms with Crippen molar-refractivity contribution in [3.8, 4) is 11.5 Å². The zero-order valence-electron chi connectivity index (χ0n) is 22.4. The Labute approximate surface area is 220 Å². The zero-order chi connectivity index (χ0) is 27.0. The molecule has 200 valence electrons. The molecule has 2 aromatic carbocycles. The van der Waals surface area contributed by atoms with E-state index >= 15 is 0 Å². The number of pyridine rings is 1. The van der Waals surface area contributed by atoms with E-state index in [2.05, 4.69) is 60.0 Å². The number of halogens is 1. The molecule has 1 atom stereocenters. The van der Waals surface area contributed by atoms with Crippen LogP contribution in [0, 0.1) is 11.7 Å². The maximum atomic E-state index is 13.7. The number of hydrogen-bond acceptors (Lipinski definition) is 7. The van der Waals surface area contributed by atoms with Crippen LogP contribution in [-0.2, 0) is 18.6 Å². The van der Waals surface area contributed by atoms with Crippen molar-refractivity contribution < 1.29 is 13.9 Å². The molecule has 10 heteroatoms. The Morgan fingerprint density at radius 1 is 1.05 bits per heavy atom. The molecule has 3 heterocycles. The number of aromatic amines is 1. The number of hydrogen-bond donors (Lipinski definition) is 1. The van der Waals surface area contributed by atoms with Crippen molar-refractivity contribution in [2.24, 2.45) is 5.92 Å². The monoisotopic (exact) mass is 520 g/mol. The molecule has 1 N–H and O–H groups in total. The number of H-pyrrole nitrogens is 1. The first-order valence-electron chi connectivity index (χ1n) is 12.8. The molecule has 0 aliphatic carbocycles. The van der Waals surface area contributed by atoms with Crippen molar-refractivity contribution in [1.29, 1.82) is 0 Å². The van der Waals surface area contributed by atoms with Crippen molar-refractivity contribution in [3.63, 3.8) is 0 Å². The van der Waals surface area contributed by atoms with Crippen LogP contribution in [-0.4, -0.2) is 43.3 Å². The third-order valence-corrected chi connectivity index (χ3v) is 6.67. The largest absolute Gasteiger partial charge is 0.486 e. The third kappa shape index (κ3) is 5.26. The number of ether oxygens (including phenoxy) is 2.